The van der Waals surface area contributed by atoms with Crippen molar-refractivity contribution in [3.05, 3.63) is 34.3 Å². The van der Waals surface area contributed by atoms with Gasteiger partial charge in [-0.2, -0.15) is 4.39 Å². The van der Waals surface area contributed by atoms with Gasteiger partial charge in [0.1, 0.15) is 11.5 Å². The van der Waals surface area contributed by atoms with Crippen molar-refractivity contribution in [1.29, 1.82) is 0 Å². The van der Waals surface area contributed by atoms with Gasteiger partial charge in [0, 0.05) is 16.2 Å². The predicted octanol–water partition coefficient (Wildman–Crippen LogP) is 3.59. The van der Waals surface area contributed by atoms with Gasteiger partial charge in [-0.15, -0.1) is 0 Å². The van der Waals surface area contributed by atoms with Crippen LogP contribution in [0, 0.1) is 11.6 Å². The summed E-state index contributed by atoms with van der Waals surface area (Å²) in [5.74, 6) is -3.60. The zero-order chi connectivity index (χ0) is 13.9. The van der Waals surface area contributed by atoms with Crippen LogP contribution in [-0.2, 0) is 9.05 Å². The predicted molar refractivity (Wildman–Crippen MR) is 64.7 cm³/mol. The van der Waals surface area contributed by atoms with Gasteiger partial charge in [0.25, 0.3) is 9.05 Å². The molecule has 1 rings (SSSR count). The first kappa shape index (κ1) is 15.5. The number of ether oxygens (including phenoxy) is 1. The number of hydrogen-bond acceptors (Lipinski definition) is 3. The topological polar surface area (TPSA) is 43.4 Å². The van der Waals surface area contributed by atoms with Crippen LogP contribution in [0.25, 0.3) is 0 Å². The van der Waals surface area contributed by atoms with Gasteiger partial charge >= 0.3 is 0 Å². The summed E-state index contributed by atoms with van der Waals surface area (Å²) in [5.41, 5.74) is 0.993. The number of halogens is 5. The normalized spacial score (nSPS) is 12.6. The SMILES string of the molecule is O=S(=O)(Cl)c1ccc(OC/C(Cl)=C/Cl)c(F)c1F. The van der Waals surface area contributed by atoms with Crippen LogP contribution in [0.3, 0.4) is 0 Å². The summed E-state index contributed by atoms with van der Waals surface area (Å²) in [6, 6.07) is 1.71. The second-order valence-electron chi connectivity index (χ2n) is 2.97. The highest BCUT2D eigenvalue weighted by atomic mass is 35.7. The van der Waals surface area contributed by atoms with E-state index in [2.05, 4.69) is 0 Å². The molecule has 0 saturated heterocycles. The van der Waals surface area contributed by atoms with Crippen molar-refractivity contribution in [3.8, 4) is 5.75 Å². The molecule has 18 heavy (non-hydrogen) atoms. The fourth-order valence-electron chi connectivity index (χ4n) is 0.992. The molecule has 0 N–H and O–H groups in total. The Kier molecular flexibility index (Phi) is 5.21. The Morgan fingerprint density at radius 1 is 1.33 bits per heavy atom. The van der Waals surface area contributed by atoms with Crippen molar-refractivity contribution in [3.63, 3.8) is 0 Å². The van der Waals surface area contributed by atoms with E-state index in [4.69, 9.17) is 38.6 Å². The fourth-order valence-corrected chi connectivity index (χ4v) is 2.00. The molecule has 0 aliphatic carbocycles. The summed E-state index contributed by atoms with van der Waals surface area (Å²) < 4.78 is 53.4. The van der Waals surface area contributed by atoms with E-state index in [0.717, 1.165) is 17.7 Å². The van der Waals surface area contributed by atoms with Crippen LogP contribution < -0.4 is 4.74 Å². The molecule has 0 spiro atoms. The molecule has 0 fully saturated rings. The Balaban J connectivity index is 3.09. The van der Waals surface area contributed by atoms with Crippen molar-refractivity contribution < 1.29 is 21.9 Å². The summed E-state index contributed by atoms with van der Waals surface area (Å²) in [6.07, 6.45) is 0. The molecule has 3 nitrogen and oxygen atoms in total. The van der Waals surface area contributed by atoms with E-state index in [9.17, 15) is 17.2 Å². The van der Waals surface area contributed by atoms with Crippen molar-refractivity contribution in [2.45, 2.75) is 4.90 Å². The molecule has 0 heterocycles. The number of benzene rings is 1. The van der Waals surface area contributed by atoms with Crippen molar-refractivity contribution in [2.24, 2.45) is 0 Å². The summed E-state index contributed by atoms with van der Waals surface area (Å²) in [4.78, 5) is -0.965. The third kappa shape index (κ3) is 3.71. The maximum atomic E-state index is 13.4. The quantitative estimate of drug-likeness (QED) is 0.789. The summed E-state index contributed by atoms with van der Waals surface area (Å²) in [7, 11) is 0.550. The minimum absolute atomic E-state index is 0.0607. The molecule has 0 amide bonds. The highest BCUT2D eigenvalue weighted by Gasteiger charge is 2.22. The monoisotopic (exact) mass is 336 g/mol. The average Bonchev–Trinajstić information content (AvgIpc) is 2.28. The molecule has 1 aromatic carbocycles. The molecule has 9 heteroatoms. The Hall–Kier alpha value is -0.560. The average molecular weight is 338 g/mol. The van der Waals surface area contributed by atoms with Crippen LogP contribution in [0.5, 0.6) is 5.75 Å². The van der Waals surface area contributed by atoms with Crippen LogP contribution in [0.4, 0.5) is 8.78 Å². The van der Waals surface area contributed by atoms with Crippen molar-refractivity contribution in [1.82, 2.24) is 0 Å². The van der Waals surface area contributed by atoms with Gasteiger partial charge in [-0.1, -0.05) is 23.2 Å². The van der Waals surface area contributed by atoms with Crippen LogP contribution in [0.1, 0.15) is 0 Å². The van der Waals surface area contributed by atoms with E-state index in [1.165, 1.54) is 0 Å². The Morgan fingerprint density at radius 2 is 1.94 bits per heavy atom. The molecule has 0 unspecified atom stereocenters. The summed E-state index contributed by atoms with van der Waals surface area (Å²) >= 11 is 10.7. The van der Waals surface area contributed by atoms with E-state index in [0.29, 0.717) is 0 Å². The Labute approximate surface area is 116 Å². The van der Waals surface area contributed by atoms with Gasteiger partial charge in [0.15, 0.2) is 11.6 Å². The molecule has 0 aliphatic heterocycles. The highest BCUT2D eigenvalue weighted by Crippen LogP contribution is 2.27. The van der Waals surface area contributed by atoms with Gasteiger partial charge in [-0.3, -0.25) is 0 Å². The number of rotatable bonds is 4. The maximum Gasteiger partial charge on any atom is 0.264 e. The van der Waals surface area contributed by atoms with Gasteiger partial charge in [-0.05, 0) is 12.1 Å². The van der Waals surface area contributed by atoms with E-state index < -0.39 is 31.3 Å². The zero-order valence-electron chi connectivity index (χ0n) is 8.46. The number of hydrogen-bond donors (Lipinski definition) is 0. The van der Waals surface area contributed by atoms with Crippen LogP contribution >= 0.6 is 33.9 Å². The first-order valence-electron chi connectivity index (χ1n) is 4.27. The molecule has 0 bridgehead atoms. The fraction of sp³-hybridized carbons (Fsp3) is 0.111. The standard InChI is InChI=1S/C9H5Cl3F2O3S/c10-3-5(11)4-17-6-1-2-7(18(12,15)16)9(14)8(6)13/h1-3H,4H2/b5-3-. The summed E-state index contributed by atoms with van der Waals surface area (Å²) in [6.45, 7) is -0.283. The second-order valence-corrected chi connectivity index (χ2v) is 6.21. The molecule has 0 aromatic heterocycles. The first-order valence-corrected chi connectivity index (χ1v) is 7.40. The second kappa shape index (κ2) is 6.06. The lowest BCUT2D eigenvalue weighted by atomic mass is 10.3. The van der Waals surface area contributed by atoms with E-state index >= 15 is 0 Å². The highest BCUT2D eigenvalue weighted by molar-refractivity contribution is 8.13. The molecule has 0 saturated carbocycles. The lowest BCUT2D eigenvalue weighted by Crippen LogP contribution is -2.04. The van der Waals surface area contributed by atoms with E-state index in [1.54, 1.807) is 0 Å². The summed E-state index contributed by atoms with van der Waals surface area (Å²) in [5, 5.41) is 0.0607. The lowest BCUT2D eigenvalue weighted by Gasteiger charge is -2.08. The zero-order valence-corrected chi connectivity index (χ0v) is 11.5. The van der Waals surface area contributed by atoms with Gasteiger partial charge < -0.3 is 4.74 Å². The molecule has 1 aromatic rings. The van der Waals surface area contributed by atoms with Crippen molar-refractivity contribution >= 4 is 42.9 Å². The Morgan fingerprint density at radius 3 is 2.44 bits per heavy atom. The smallest absolute Gasteiger partial charge is 0.264 e. The van der Waals surface area contributed by atoms with Gasteiger partial charge in [-0.25, -0.2) is 12.8 Å². The van der Waals surface area contributed by atoms with Gasteiger partial charge in [0.05, 0.1) is 5.03 Å². The first-order chi connectivity index (χ1) is 8.27. The maximum absolute atomic E-state index is 13.4. The third-order valence-electron chi connectivity index (χ3n) is 1.76. The van der Waals surface area contributed by atoms with Crippen LogP contribution in [0.15, 0.2) is 27.6 Å². The van der Waals surface area contributed by atoms with Crippen LogP contribution in [0.2, 0.25) is 0 Å². The molecular weight excluding hydrogens is 333 g/mol. The van der Waals surface area contributed by atoms with Crippen molar-refractivity contribution in [2.75, 3.05) is 6.61 Å². The third-order valence-corrected chi connectivity index (χ3v) is 3.69. The minimum atomic E-state index is -4.37. The minimum Gasteiger partial charge on any atom is -0.485 e. The molecule has 0 aliphatic rings. The van der Waals surface area contributed by atoms with E-state index in [-0.39, 0.29) is 11.6 Å². The van der Waals surface area contributed by atoms with Gasteiger partial charge in [0.2, 0.25) is 5.82 Å². The molecule has 0 atom stereocenters. The molecule has 100 valence electrons. The largest absolute Gasteiger partial charge is 0.485 e. The van der Waals surface area contributed by atoms with E-state index in [1.807, 2.05) is 0 Å². The lowest BCUT2D eigenvalue weighted by molar-refractivity contribution is 0.327. The Bertz CT molecular complexity index is 587. The van der Waals surface area contributed by atoms with Crippen LogP contribution in [-0.4, -0.2) is 15.0 Å². The molecular formula is C9H5Cl3F2O3S. The molecule has 0 radical (unpaired) electrons.